The SMILES string of the molecule is CC(NC(=O)C1=COCCO1)c1ccncc1. The van der Waals surface area contributed by atoms with Crippen molar-refractivity contribution in [2.24, 2.45) is 0 Å². The van der Waals surface area contributed by atoms with Gasteiger partial charge >= 0.3 is 0 Å². The first-order valence-electron chi connectivity index (χ1n) is 5.43. The van der Waals surface area contributed by atoms with Crippen LogP contribution in [0.25, 0.3) is 0 Å². The zero-order valence-electron chi connectivity index (χ0n) is 9.55. The van der Waals surface area contributed by atoms with E-state index in [0.717, 1.165) is 5.56 Å². The Bertz CT molecular complexity index is 417. The Kier molecular flexibility index (Phi) is 3.59. The highest BCUT2D eigenvalue weighted by molar-refractivity contribution is 5.91. The first-order chi connectivity index (χ1) is 8.27. The number of nitrogens with one attached hydrogen (secondary N) is 1. The molecule has 5 nitrogen and oxygen atoms in total. The summed E-state index contributed by atoms with van der Waals surface area (Å²) in [6.45, 7) is 2.79. The van der Waals surface area contributed by atoms with E-state index in [0.29, 0.717) is 13.2 Å². The molecule has 0 bridgehead atoms. The lowest BCUT2D eigenvalue weighted by Crippen LogP contribution is -2.30. The second kappa shape index (κ2) is 5.34. The van der Waals surface area contributed by atoms with Crippen LogP contribution in [0.2, 0.25) is 0 Å². The topological polar surface area (TPSA) is 60.5 Å². The quantitative estimate of drug-likeness (QED) is 0.852. The van der Waals surface area contributed by atoms with Crippen molar-refractivity contribution in [3.63, 3.8) is 0 Å². The molecule has 1 aliphatic heterocycles. The van der Waals surface area contributed by atoms with Gasteiger partial charge in [0.05, 0.1) is 6.04 Å². The van der Waals surface area contributed by atoms with Crippen molar-refractivity contribution >= 4 is 5.91 Å². The predicted molar refractivity (Wildman–Crippen MR) is 60.8 cm³/mol. The molecule has 1 aromatic heterocycles. The minimum absolute atomic E-state index is 0.100. The monoisotopic (exact) mass is 234 g/mol. The van der Waals surface area contributed by atoms with E-state index in [1.54, 1.807) is 12.4 Å². The number of hydrogen-bond acceptors (Lipinski definition) is 4. The molecule has 90 valence electrons. The van der Waals surface area contributed by atoms with Gasteiger partial charge in [-0.15, -0.1) is 0 Å². The second-order valence-corrected chi connectivity index (χ2v) is 3.68. The molecule has 1 amide bonds. The van der Waals surface area contributed by atoms with Crippen molar-refractivity contribution in [1.82, 2.24) is 10.3 Å². The zero-order chi connectivity index (χ0) is 12.1. The van der Waals surface area contributed by atoms with Crippen LogP contribution in [0, 0.1) is 0 Å². The molecule has 5 heteroatoms. The highest BCUT2D eigenvalue weighted by Crippen LogP contribution is 2.12. The van der Waals surface area contributed by atoms with E-state index in [1.165, 1.54) is 6.26 Å². The van der Waals surface area contributed by atoms with E-state index in [4.69, 9.17) is 9.47 Å². The fourth-order valence-electron chi connectivity index (χ4n) is 1.49. The van der Waals surface area contributed by atoms with E-state index >= 15 is 0 Å². The lowest BCUT2D eigenvalue weighted by molar-refractivity contribution is -0.122. The minimum atomic E-state index is -0.269. The number of ether oxygens (including phenoxy) is 2. The predicted octanol–water partition coefficient (Wildman–Crippen LogP) is 1.15. The third-order valence-electron chi connectivity index (χ3n) is 2.43. The highest BCUT2D eigenvalue weighted by Gasteiger charge is 2.17. The van der Waals surface area contributed by atoms with Crippen LogP contribution in [0.1, 0.15) is 18.5 Å². The van der Waals surface area contributed by atoms with Gasteiger partial charge in [-0.1, -0.05) is 0 Å². The molecule has 0 saturated carbocycles. The third-order valence-corrected chi connectivity index (χ3v) is 2.43. The van der Waals surface area contributed by atoms with Crippen LogP contribution in [0.3, 0.4) is 0 Å². The van der Waals surface area contributed by atoms with E-state index in [9.17, 15) is 4.79 Å². The van der Waals surface area contributed by atoms with Crippen molar-refractivity contribution in [2.75, 3.05) is 13.2 Å². The van der Waals surface area contributed by atoms with Gasteiger partial charge in [0.1, 0.15) is 19.5 Å². The summed E-state index contributed by atoms with van der Waals surface area (Å²) >= 11 is 0. The van der Waals surface area contributed by atoms with Crippen molar-refractivity contribution in [3.05, 3.63) is 42.1 Å². The van der Waals surface area contributed by atoms with Crippen LogP contribution in [-0.2, 0) is 14.3 Å². The van der Waals surface area contributed by atoms with Gasteiger partial charge in [0, 0.05) is 12.4 Å². The number of nitrogens with zero attached hydrogens (tertiary/aromatic N) is 1. The summed E-state index contributed by atoms with van der Waals surface area (Å²) in [7, 11) is 0. The molecule has 0 aromatic carbocycles. The normalized spacial score (nSPS) is 16.2. The number of carbonyl (C=O) groups is 1. The summed E-state index contributed by atoms with van der Waals surface area (Å²) in [5.74, 6) is -0.0498. The standard InChI is InChI=1S/C12H14N2O3/c1-9(10-2-4-13-5-3-10)14-12(15)11-8-16-6-7-17-11/h2-5,8-9H,6-7H2,1H3,(H,14,15). The number of carbonyl (C=O) groups excluding carboxylic acids is 1. The van der Waals surface area contributed by atoms with Crippen LogP contribution in [0.4, 0.5) is 0 Å². The number of rotatable bonds is 3. The molecule has 0 fully saturated rings. The molecule has 1 unspecified atom stereocenters. The van der Waals surface area contributed by atoms with Gasteiger partial charge in [-0.05, 0) is 24.6 Å². The van der Waals surface area contributed by atoms with Gasteiger partial charge < -0.3 is 14.8 Å². The van der Waals surface area contributed by atoms with Gasteiger partial charge in [-0.2, -0.15) is 0 Å². The lowest BCUT2D eigenvalue weighted by atomic mass is 10.1. The summed E-state index contributed by atoms with van der Waals surface area (Å²) in [6, 6.07) is 3.62. The van der Waals surface area contributed by atoms with E-state index in [2.05, 4.69) is 10.3 Å². The number of amides is 1. The third kappa shape index (κ3) is 2.96. The zero-order valence-corrected chi connectivity index (χ0v) is 9.55. The molecule has 17 heavy (non-hydrogen) atoms. The first-order valence-corrected chi connectivity index (χ1v) is 5.43. The minimum Gasteiger partial charge on any atom is -0.494 e. The molecular formula is C12H14N2O3. The highest BCUT2D eigenvalue weighted by atomic mass is 16.6. The number of hydrogen-bond donors (Lipinski definition) is 1. The maximum atomic E-state index is 11.8. The van der Waals surface area contributed by atoms with Crippen molar-refractivity contribution in [1.29, 1.82) is 0 Å². The molecule has 2 heterocycles. The molecule has 0 aliphatic carbocycles. The van der Waals surface area contributed by atoms with Gasteiger partial charge in [-0.3, -0.25) is 9.78 Å². The smallest absolute Gasteiger partial charge is 0.290 e. The van der Waals surface area contributed by atoms with E-state index in [-0.39, 0.29) is 17.7 Å². The van der Waals surface area contributed by atoms with Gasteiger partial charge in [0.15, 0.2) is 0 Å². The summed E-state index contributed by atoms with van der Waals surface area (Å²) in [5, 5.41) is 2.83. The van der Waals surface area contributed by atoms with Crippen LogP contribution in [0.15, 0.2) is 36.5 Å². The fourth-order valence-corrected chi connectivity index (χ4v) is 1.49. The van der Waals surface area contributed by atoms with E-state index in [1.807, 2.05) is 19.1 Å². The molecule has 0 spiro atoms. The van der Waals surface area contributed by atoms with Crippen LogP contribution in [0.5, 0.6) is 0 Å². The Balaban J connectivity index is 1.97. The van der Waals surface area contributed by atoms with Gasteiger partial charge in [-0.25, -0.2) is 0 Å². The number of aromatic nitrogens is 1. The Morgan fingerprint density at radius 3 is 2.82 bits per heavy atom. The Morgan fingerprint density at radius 1 is 1.41 bits per heavy atom. The molecule has 1 N–H and O–H groups in total. The summed E-state index contributed by atoms with van der Waals surface area (Å²) in [6.07, 6.45) is 4.73. The molecular weight excluding hydrogens is 220 g/mol. The Labute approximate surface area is 99.4 Å². The Morgan fingerprint density at radius 2 is 2.18 bits per heavy atom. The largest absolute Gasteiger partial charge is 0.494 e. The van der Waals surface area contributed by atoms with Crippen molar-refractivity contribution < 1.29 is 14.3 Å². The van der Waals surface area contributed by atoms with Crippen LogP contribution in [-0.4, -0.2) is 24.1 Å². The average molecular weight is 234 g/mol. The van der Waals surface area contributed by atoms with Crippen molar-refractivity contribution in [2.45, 2.75) is 13.0 Å². The maximum Gasteiger partial charge on any atom is 0.290 e. The molecule has 1 aromatic rings. The maximum absolute atomic E-state index is 11.8. The van der Waals surface area contributed by atoms with Crippen LogP contribution < -0.4 is 5.32 Å². The summed E-state index contributed by atoms with van der Waals surface area (Å²) in [5.41, 5.74) is 0.991. The fraction of sp³-hybridized carbons (Fsp3) is 0.333. The lowest BCUT2D eigenvalue weighted by Gasteiger charge is -2.18. The average Bonchev–Trinajstić information content (AvgIpc) is 2.40. The molecule has 0 saturated heterocycles. The summed E-state index contributed by atoms with van der Waals surface area (Å²) < 4.78 is 10.2. The first kappa shape index (κ1) is 11.4. The van der Waals surface area contributed by atoms with Crippen molar-refractivity contribution in [3.8, 4) is 0 Å². The van der Waals surface area contributed by atoms with Gasteiger partial charge in [0.2, 0.25) is 5.76 Å². The Hall–Kier alpha value is -2.04. The van der Waals surface area contributed by atoms with Gasteiger partial charge in [0.25, 0.3) is 5.91 Å². The molecule has 2 rings (SSSR count). The molecule has 0 radical (unpaired) electrons. The van der Waals surface area contributed by atoms with E-state index < -0.39 is 0 Å². The second-order valence-electron chi connectivity index (χ2n) is 3.68. The summed E-state index contributed by atoms with van der Waals surface area (Å²) in [4.78, 5) is 15.7. The number of pyridine rings is 1. The molecule has 1 aliphatic rings. The molecule has 1 atom stereocenters. The van der Waals surface area contributed by atoms with Crippen LogP contribution >= 0.6 is 0 Å².